The molecule has 1 saturated carbocycles. The van der Waals surface area contributed by atoms with E-state index < -0.39 is 12.3 Å². The van der Waals surface area contributed by atoms with Gasteiger partial charge in [0.05, 0.1) is 12.0 Å². The van der Waals surface area contributed by atoms with Gasteiger partial charge in [0.25, 0.3) is 5.89 Å². The maximum atomic E-state index is 12.6. The molecule has 29 heavy (non-hydrogen) atoms. The Labute approximate surface area is 164 Å². The number of aromatic nitrogens is 6. The SMILES string of the molecule is FC(F)c1nnc(-c2ccc(Cn3nnc(C4(c5ccccc5)CC4)n3)cc2)o1. The molecule has 0 aliphatic heterocycles. The van der Waals surface area contributed by atoms with E-state index in [9.17, 15) is 8.78 Å². The number of alkyl halides is 2. The van der Waals surface area contributed by atoms with Gasteiger partial charge in [-0.1, -0.05) is 42.5 Å². The molecule has 0 amide bonds. The summed E-state index contributed by atoms with van der Waals surface area (Å²) in [5.74, 6) is 0.119. The van der Waals surface area contributed by atoms with Gasteiger partial charge in [-0.05, 0) is 41.3 Å². The van der Waals surface area contributed by atoms with Gasteiger partial charge in [0.15, 0.2) is 5.82 Å². The van der Waals surface area contributed by atoms with Crippen LogP contribution in [0.5, 0.6) is 0 Å². The summed E-state index contributed by atoms with van der Waals surface area (Å²) in [5.41, 5.74) is 2.60. The van der Waals surface area contributed by atoms with Gasteiger partial charge in [0.2, 0.25) is 5.89 Å². The van der Waals surface area contributed by atoms with Crippen LogP contribution in [0.25, 0.3) is 11.5 Å². The van der Waals surface area contributed by atoms with Crippen molar-refractivity contribution in [3.8, 4) is 11.5 Å². The summed E-state index contributed by atoms with van der Waals surface area (Å²) in [6.07, 6.45) is -0.751. The lowest BCUT2D eigenvalue weighted by Crippen LogP contribution is -2.12. The largest absolute Gasteiger partial charge is 0.415 e. The molecule has 1 aliphatic carbocycles. The van der Waals surface area contributed by atoms with Crippen LogP contribution < -0.4 is 0 Å². The normalized spacial score (nSPS) is 15.0. The zero-order valence-corrected chi connectivity index (χ0v) is 15.2. The van der Waals surface area contributed by atoms with Crippen molar-refractivity contribution in [1.29, 1.82) is 0 Å². The van der Waals surface area contributed by atoms with Crippen LogP contribution in [-0.4, -0.2) is 30.4 Å². The van der Waals surface area contributed by atoms with E-state index in [2.05, 4.69) is 37.7 Å². The first-order valence-electron chi connectivity index (χ1n) is 9.19. The van der Waals surface area contributed by atoms with E-state index in [1.165, 1.54) is 5.56 Å². The smallest absolute Gasteiger partial charge is 0.314 e. The molecule has 4 aromatic rings. The van der Waals surface area contributed by atoms with Crippen LogP contribution in [0.15, 0.2) is 59.0 Å². The summed E-state index contributed by atoms with van der Waals surface area (Å²) < 4.78 is 30.1. The molecule has 1 aliphatic rings. The second kappa shape index (κ2) is 6.84. The molecule has 0 N–H and O–H groups in total. The summed E-state index contributed by atoms with van der Waals surface area (Å²) in [6.45, 7) is 0.449. The lowest BCUT2D eigenvalue weighted by atomic mass is 9.95. The molecular formula is C20H16F2N6O. The molecule has 2 aromatic carbocycles. The van der Waals surface area contributed by atoms with Crippen molar-refractivity contribution < 1.29 is 13.2 Å². The zero-order chi connectivity index (χ0) is 19.8. The molecule has 0 saturated heterocycles. The predicted molar refractivity (Wildman–Crippen MR) is 98.1 cm³/mol. The summed E-state index contributed by atoms with van der Waals surface area (Å²) in [7, 11) is 0. The molecule has 7 nitrogen and oxygen atoms in total. The van der Waals surface area contributed by atoms with Gasteiger partial charge < -0.3 is 4.42 Å². The van der Waals surface area contributed by atoms with Gasteiger partial charge in [-0.25, -0.2) is 0 Å². The highest BCUT2D eigenvalue weighted by molar-refractivity contribution is 5.53. The molecule has 0 unspecified atom stereocenters. The number of halogens is 2. The van der Waals surface area contributed by atoms with Crippen molar-refractivity contribution in [2.45, 2.75) is 31.2 Å². The van der Waals surface area contributed by atoms with Crippen LogP contribution in [0.4, 0.5) is 8.78 Å². The molecule has 146 valence electrons. The van der Waals surface area contributed by atoms with Crippen LogP contribution in [0.3, 0.4) is 0 Å². The Hall–Kier alpha value is -3.49. The van der Waals surface area contributed by atoms with Crippen LogP contribution in [0, 0.1) is 0 Å². The van der Waals surface area contributed by atoms with Gasteiger partial charge in [0, 0.05) is 5.56 Å². The highest BCUT2D eigenvalue weighted by Gasteiger charge is 2.49. The molecule has 0 bridgehead atoms. The van der Waals surface area contributed by atoms with Gasteiger partial charge in [-0.3, -0.25) is 0 Å². The average Bonchev–Trinajstić information content (AvgIpc) is 3.17. The first-order valence-corrected chi connectivity index (χ1v) is 9.19. The molecule has 2 aromatic heterocycles. The fraction of sp³-hybridized carbons (Fsp3) is 0.250. The van der Waals surface area contributed by atoms with Crippen molar-refractivity contribution in [3.63, 3.8) is 0 Å². The molecule has 0 spiro atoms. The van der Waals surface area contributed by atoms with E-state index >= 15 is 0 Å². The van der Waals surface area contributed by atoms with Crippen LogP contribution >= 0.6 is 0 Å². The fourth-order valence-electron chi connectivity index (χ4n) is 3.38. The second-order valence-electron chi connectivity index (χ2n) is 7.03. The van der Waals surface area contributed by atoms with Crippen molar-refractivity contribution in [1.82, 2.24) is 30.4 Å². The monoisotopic (exact) mass is 394 g/mol. The minimum atomic E-state index is -2.78. The maximum Gasteiger partial charge on any atom is 0.314 e. The van der Waals surface area contributed by atoms with Crippen molar-refractivity contribution in [2.24, 2.45) is 0 Å². The Morgan fingerprint density at radius 2 is 1.72 bits per heavy atom. The third-order valence-electron chi connectivity index (χ3n) is 5.11. The molecule has 1 fully saturated rings. The van der Waals surface area contributed by atoms with Crippen molar-refractivity contribution in [2.75, 3.05) is 0 Å². The topological polar surface area (TPSA) is 82.5 Å². The fourth-order valence-corrected chi connectivity index (χ4v) is 3.38. The van der Waals surface area contributed by atoms with Gasteiger partial charge in [0.1, 0.15) is 0 Å². The third kappa shape index (κ3) is 3.28. The summed E-state index contributed by atoms with van der Waals surface area (Å²) in [4.78, 5) is 1.56. The Balaban J connectivity index is 1.31. The Kier molecular flexibility index (Phi) is 4.15. The van der Waals surface area contributed by atoms with Gasteiger partial charge in [-0.15, -0.1) is 20.4 Å². The lowest BCUT2D eigenvalue weighted by molar-refractivity contribution is 0.116. The number of benzene rings is 2. The first kappa shape index (κ1) is 17.6. The van der Waals surface area contributed by atoms with Gasteiger partial charge >= 0.3 is 6.43 Å². The summed E-state index contributed by atoms with van der Waals surface area (Å²) in [5, 5.41) is 20.1. The Morgan fingerprint density at radius 3 is 2.38 bits per heavy atom. The van der Waals surface area contributed by atoms with E-state index in [0.717, 1.165) is 24.2 Å². The average molecular weight is 394 g/mol. The van der Waals surface area contributed by atoms with Gasteiger partial charge in [-0.2, -0.15) is 13.6 Å². The van der Waals surface area contributed by atoms with Crippen molar-refractivity contribution in [3.05, 3.63) is 77.4 Å². The summed E-state index contributed by atoms with van der Waals surface area (Å²) in [6, 6.07) is 17.4. The molecule has 2 heterocycles. The maximum absolute atomic E-state index is 12.6. The minimum absolute atomic E-state index is 0.0616. The Bertz CT molecular complexity index is 1120. The molecule has 0 atom stereocenters. The highest BCUT2D eigenvalue weighted by Crippen LogP contribution is 2.51. The van der Waals surface area contributed by atoms with E-state index in [0.29, 0.717) is 12.1 Å². The molecule has 5 rings (SSSR count). The number of nitrogens with zero attached hydrogens (tertiary/aromatic N) is 6. The number of hydrogen-bond donors (Lipinski definition) is 0. The predicted octanol–water partition coefficient (Wildman–Crippen LogP) is 3.79. The second-order valence-corrected chi connectivity index (χ2v) is 7.03. The van der Waals surface area contributed by atoms with Crippen molar-refractivity contribution >= 4 is 0 Å². The quantitative estimate of drug-likeness (QED) is 0.495. The highest BCUT2D eigenvalue weighted by atomic mass is 19.3. The van der Waals surface area contributed by atoms with E-state index in [4.69, 9.17) is 4.42 Å². The van der Waals surface area contributed by atoms with Crippen LogP contribution in [-0.2, 0) is 12.0 Å². The molecule has 0 radical (unpaired) electrons. The standard InChI is InChI=1S/C20H16F2N6O/c21-16(22)18-24-23-17(29-18)14-8-6-13(7-9-14)12-28-26-19(25-27-28)20(10-11-20)15-4-2-1-3-5-15/h1-9,16H,10-12H2. The number of tetrazole rings is 1. The van der Waals surface area contributed by atoms with Crippen LogP contribution in [0.2, 0.25) is 0 Å². The summed E-state index contributed by atoms with van der Waals surface area (Å²) >= 11 is 0. The first-order chi connectivity index (χ1) is 14.1. The molecular weight excluding hydrogens is 378 g/mol. The molecule has 9 heteroatoms. The van der Waals surface area contributed by atoms with E-state index in [1.807, 2.05) is 30.3 Å². The lowest BCUT2D eigenvalue weighted by Gasteiger charge is -2.10. The number of hydrogen-bond acceptors (Lipinski definition) is 6. The number of rotatable bonds is 6. The minimum Gasteiger partial charge on any atom is -0.415 e. The Morgan fingerprint density at radius 1 is 0.966 bits per heavy atom. The zero-order valence-electron chi connectivity index (χ0n) is 15.2. The van der Waals surface area contributed by atoms with Crippen LogP contribution in [0.1, 0.15) is 42.1 Å². The van der Waals surface area contributed by atoms with E-state index in [-0.39, 0.29) is 11.3 Å². The third-order valence-corrected chi connectivity index (χ3v) is 5.11. The van der Waals surface area contributed by atoms with E-state index in [1.54, 1.807) is 16.9 Å².